The lowest BCUT2D eigenvalue weighted by molar-refractivity contribution is -0.133. The Morgan fingerprint density at radius 2 is 1.65 bits per heavy atom. The number of aromatic carboxylic acids is 1. The van der Waals surface area contributed by atoms with Crippen molar-refractivity contribution in [3.63, 3.8) is 0 Å². The third-order valence-corrected chi connectivity index (χ3v) is 18.7. The molecule has 3 amide bonds. The number of piperazine rings is 1. The number of azide groups is 1. The van der Waals surface area contributed by atoms with Gasteiger partial charge in [0.05, 0.1) is 34.4 Å². The summed E-state index contributed by atoms with van der Waals surface area (Å²) < 4.78 is 7.24. The molecule has 7 aromatic rings. The van der Waals surface area contributed by atoms with Crippen LogP contribution >= 0.6 is 22.9 Å². The molecule has 5 aromatic carbocycles. The second kappa shape index (κ2) is 26.4. The van der Waals surface area contributed by atoms with E-state index in [1.54, 1.807) is 23.1 Å². The van der Waals surface area contributed by atoms with E-state index in [0.717, 1.165) is 145 Å². The van der Waals surface area contributed by atoms with Crippen molar-refractivity contribution < 1.29 is 29.0 Å². The second-order valence-corrected chi connectivity index (χ2v) is 24.9. The van der Waals surface area contributed by atoms with Gasteiger partial charge in [0.15, 0.2) is 5.13 Å². The van der Waals surface area contributed by atoms with E-state index < -0.39 is 11.9 Å². The van der Waals surface area contributed by atoms with E-state index in [0.29, 0.717) is 81.2 Å². The zero-order chi connectivity index (χ0) is 61.9. The quantitative estimate of drug-likeness (QED) is 0.0335. The normalized spacial score (nSPS) is 15.0. The Bertz CT molecular complexity index is 4140. The molecule has 5 aliphatic rings. The maximum Gasteiger partial charge on any atom is 0.336 e. The highest BCUT2D eigenvalue weighted by atomic mass is 35.5. The average Bonchev–Trinajstić information content (AvgIpc) is 0.909. The Kier molecular flexibility index (Phi) is 18.0. The molecule has 458 valence electrons. The number of benzene rings is 5. The highest BCUT2D eigenvalue weighted by Crippen LogP contribution is 2.49. The zero-order valence-corrected chi connectivity index (χ0v) is 52.1. The first-order valence-corrected chi connectivity index (χ1v) is 32.0. The molecule has 0 bridgehead atoms. The van der Waals surface area contributed by atoms with Gasteiger partial charge in [-0.3, -0.25) is 24.3 Å². The summed E-state index contributed by atoms with van der Waals surface area (Å²) >= 11 is 7.55. The summed E-state index contributed by atoms with van der Waals surface area (Å²) in [6.45, 7) is 13.0. The number of rotatable bonds is 19. The molecule has 0 atom stereocenters. The monoisotopic (exact) mass is 1230 g/mol. The van der Waals surface area contributed by atoms with Crippen LogP contribution in [-0.2, 0) is 37.0 Å². The van der Waals surface area contributed by atoms with Gasteiger partial charge in [0.2, 0.25) is 5.91 Å². The molecule has 7 heterocycles. The number of hydrogen-bond acceptors (Lipinski definition) is 15. The number of amides is 3. The number of thiazole rings is 1. The van der Waals surface area contributed by atoms with Crippen molar-refractivity contribution >= 4 is 86.0 Å². The number of aromatic nitrogens is 3. The number of fused-ring (bicyclic) bond motifs is 5. The first-order chi connectivity index (χ1) is 43.2. The number of unbranched alkanes of at least 4 members (excludes halogenated alkanes) is 1. The topological polar surface area (TPSA) is 247 Å². The average molecular weight is 1240 g/mol. The van der Waals surface area contributed by atoms with Crippen molar-refractivity contribution in [2.24, 2.45) is 10.1 Å². The van der Waals surface area contributed by atoms with Crippen molar-refractivity contribution in [2.45, 2.75) is 98.4 Å². The van der Waals surface area contributed by atoms with E-state index in [-0.39, 0.29) is 49.1 Å². The number of hydrogen-bond donors (Lipinski definition) is 4. The highest BCUT2D eigenvalue weighted by molar-refractivity contribution is 7.17. The number of carbonyl (C=O) groups excluding carboxylic acids is 3. The Hall–Kier alpha value is -8.88. The maximum atomic E-state index is 14.7. The van der Waals surface area contributed by atoms with E-state index in [1.807, 2.05) is 57.2 Å². The van der Waals surface area contributed by atoms with Gasteiger partial charge in [-0.2, -0.15) is 0 Å². The van der Waals surface area contributed by atoms with Gasteiger partial charge in [0.1, 0.15) is 33.8 Å². The molecular formula is C67H71ClN14O6S. The summed E-state index contributed by atoms with van der Waals surface area (Å²) in [5, 5.41) is 27.0. The van der Waals surface area contributed by atoms with Crippen LogP contribution in [0.25, 0.3) is 16.0 Å². The fourth-order valence-corrected chi connectivity index (χ4v) is 14.1. The van der Waals surface area contributed by atoms with Gasteiger partial charge >= 0.3 is 5.97 Å². The van der Waals surface area contributed by atoms with Gasteiger partial charge < -0.3 is 40.5 Å². The molecule has 2 aromatic heterocycles. The van der Waals surface area contributed by atoms with Crippen molar-refractivity contribution in [3.8, 4) is 11.5 Å². The third kappa shape index (κ3) is 12.7. The van der Waals surface area contributed by atoms with Crippen LogP contribution in [-0.4, -0.2) is 119 Å². The molecule has 5 aliphatic heterocycles. The minimum absolute atomic E-state index is 0.0662. The molecule has 89 heavy (non-hydrogen) atoms. The number of para-hydroxylation sites is 1. The first-order valence-electron chi connectivity index (χ1n) is 30.8. The molecule has 0 radical (unpaired) electrons. The Morgan fingerprint density at radius 3 is 2.46 bits per heavy atom. The SMILES string of the molecule is CCCCc1cc2c(c3c1=NCCC3)Oc1c(cc3c4c1CCCN4CCCC3)C=2c1cc(C(=O)NCCN(Cc2cccc(C)c2N=[N+]=[N-])C(=O)CN2CCN(c3cc(Nc4ncc(C(=O)Nc5c(C)cccc5Cl)s4)nc(C)n3)CC2)ccc1C(=O)O. The number of carbonyl (C=O) groups is 4. The maximum absolute atomic E-state index is 14.7. The van der Waals surface area contributed by atoms with E-state index in [9.17, 15) is 29.8 Å². The number of aryl methyl sites for hydroxylation is 5. The van der Waals surface area contributed by atoms with Crippen molar-refractivity contribution in [1.29, 1.82) is 0 Å². The number of carboxylic acids is 1. The molecule has 1 fully saturated rings. The van der Waals surface area contributed by atoms with E-state index in [1.165, 1.54) is 34.9 Å². The van der Waals surface area contributed by atoms with Crippen LogP contribution in [0.15, 0.2) is 89.1 Å². The van der Waals surface area contributed by atoms with Crippen molar-refractivity contribution in [2.75, 3.05) is 85.9 Å². The highest BCUT2D eigenvalue weighted by Gasteiger charge is 2.35. The minimum Gasteiger partial charge on any atom is -0.478 e. The van der Waals surface area contributed by atoms with Crippen LogP contribution in [0.2, 0.25) is 5.02 Å². The molecule has 0 unspecified atom stereocenters. The Balaban J connectivity index is 0.783. The Labute approximate surface area is 525 Å². The van der Waals surface area contributed by atoms with Crippen LogP contribution in [0.5, 0.6) is 11.5 Å². The fourth-order valence-electron chi connectivity index (χ4n) is 13.1. The number of halogens is 1. The van der Waals surface area contributed by atoms with Gasteiger partial charge in [-0.05, 0) is 154 Å². The molecular weight excluding hydrogens is 1160 g/mol. The zero-order valence-electron chi connectivity index (χ0n) is 50.5. The molecule has 0 saturated carbocycles. The van der Waals surface area contributed by atoms with Crippen molar-refractivity contribution in [3.05, 3.63) is 177 Å². The lowest BCUT2D eigenvalue weighted by Gasteiger charge is -2.36. The molecule has 1 saturated heterocycles. The summed E-state index contributed by atoms with van der Waals surface area (Å²) in [4.78, 5) is 86.8. The molecule has 0 spiro atoms. The fraction of sp³-hybridized carbons (Fsp3) is 0.373. The first kappa shape index (κ1) is 60.4. The summed E-state index contributed by atoms with van der Waals surface area (Å²) in [6.07, 6.45) is 10.8. The van der Waals surface area contributed by atoms with Gasteiger partial charge in [-0.15, -0.1) is 0 Å². The number of nitrogens with zero attached hydrogens (tertiary/aromatic N) is 11. The van der Waals surface area contributed by atoms with Crippen molar-refractivity contribution in [1.82, 2.24) is 30.1 Å². The standard InChI is InChI=1S/C67H71ClN14O6S/c1-5-6-15-42-32-50-57(51-33-43-16-7-8-25-81-26-12-19-48(61(43)81)63(51)88-62(50)47-18-11-23-70-60(42)47)49-34-44(21-22-46(49)66(86)87)64(84)71-24-27-82(37-45-17-9-13-39(2)58(45)77-78-69)56(83)38-79-28-30-80(31-29-79)55-35-54(73-41(4)74-55)75-67-72-36-53(89-67)65(85)76-59-40(3)14-10-20-52(59)68/h9-10,13-14,17,20-22,32-36H,5-8,11-12,15-16,18-19,23-31,37-38H2,1-4H3,(H,71,84)(H,76,85)(H,86,87)(H,72,73,74,75). The lowest BCUT2D eigenvalue weighted by atomic mass is 9.82. The number of carboxylic acid groups (broad SMARTS) is 1. The number of anilines is 5. The number of ether oxygens (including phenoxy) is 1. The lowest BCUT2D eigenvalue weighted by Crippen LogP contribution is -2.51. The van der Waals surface area contributed by atoms with Gasteiger partial charge in [-0.1, -0.05) is 71.7 Å². The summed E-state index contributed by atoms with van der Waals surface area (Å²) in [6, 6.07) is 22.0. The predicted octanol–water partition coefficient (Wildman–Crippen LogP) is 11.1. The largest absolute Gasteiger partial charge is 0.478 e. The third-order valence-electron chi connectivity index (χ3n) is 17.5. The second-order valence-electron chi connectivity index (χ2n) is 23.5. The molecule has 4 N–H and O–H groups in total. The van der Waals surface area contributed by atoms with Crippen LogP contribution in [0.1, 0.15) is 132 Å². The summed E-state index contributed by atoms with van der Waals surface area (Å²) in [5.41, 5.74) is 21.0. The predicted molar refractivity (Wildman–Crippen MR) is 347 cm³/mol. The van der Waals surface area contributed by atoms with Crippen LogP contribution in [0.4, 0.5) is 33.8 Å². The molecule has 12 rings (SSSR count). The molecule has 20 nitrogen and oxygen atoms in total. The minimum atomic E-state index is -1.11. The van der Waals surface area contributed by atoms with E-state index in [4.69, 9.17) is 26.3 Å². The number of nitrogens with one attached hydrogen (secondary N) is 3. The molecule has 0 aliphatic carbocycles. The Morgan fingerprint density at radius 1 is 0.843 bits per heavy atom. The molecule has 22 heteroatoms. The van der Waals surface area contributed by atoms with E-state index >= 15 is 0 Å². The van der Waals surface area contributed by atoms with Crippen LogP contribution in [0.3, 0.4) is 0 Å². The van der Waals surface area contributed by atoms with E-state index in [2.05, 4.69) is 69.7 Å². The summed E-state index contributed by atoms with van der Waals surface area (Å²) in [7, 11) is 0. The van der Waals surface area contributed by atoms with Gasteiger partial charge in [0.25, 0.3) is 11.8 Å². The summed E-state index contributed by atoms with van der Waals surface area (Å²) in [5.74, 6) is 1.20. The van der Waals surface area contributed by atoms with Crippen LogP contribution in [0, 0.1) is 20.8 Å². The van der Waals surface area contributed by atoms with Crippen LogP contribution < -0.4 is 41.1 Å². The van der Waals surface area contributed by atoms with Gasteiger partial charge in [0, 0.05) is 121 Å². The smallest absolute Gasteiger partial charge is 0.336 e. The van der Waals surface area contributed by atoms with Gasteiger partial charge in [-0.25, -0.2) is 19.7 Å².